The van der Waals surface area contributed by atoms with E-state index in [1.165, 1.54) is 0 Å². The third-order valence-electron chi connectivity index (χ3n) is 2.78. The van der Waals surface area contributed by atoms with Crippen LogP contribution >= 0.6 is 23.2 Å². The quantitative estimate of drug-likeness (QED) is 0.609. The van der Waals surface area contributed by atoms with Crippen molar-refractivity contribution < 1.29 is 9.47 Å². The molecule has 108 valence electrons. The molecule has 2 aromatic carbocycles. The largest absolute Gasteiger partial charge is 0.497 e. The highest BCUT2D eigenvalue weighted by Gasteiger charge is 2.04. The van der Waals surface area contributed by atoms with Gasteiger partial charge in [-0.3, -0.25) is 0 Å². The van der Waals surface area contributed by atoms with Crippen LogP contribution in [0.5, 0.6) is 11.5 Å². The van der Waals surface area contributed by atoms with Crippen LogP contribution in [0, 0.1) is 11.8 Å². The van der Waals surface area contributed by atoms with Crippen molar-refractivity contribution in [2.45, 2.75) is 6.61 Å². The molecule has 0 spiro atoms. The second kappa shape index (κ2) is 7.83. The van der Waals surface area contributed by atoms with Gasteiger partial charge >= 0.3 is 0 Å². The van der Waals surface area contributed by atoms with Gasteiger partial charge in [0.2, 0.25) is 0 Å². The maximum Gasteiger partial charge on any atom is 0.135 e. The summed E-state index contributed by atoms with van der Waals surface area (Å²) in [7, 11) is 1.61. The van der Waals surface area contributed by atoms with Crippen LogP contribution in [0.25, 0.3) is 0 Å². The summed E-state index contributed by atoms with van der Waals surface area (Å²) >= 11 is 11.5. The van der Waals surface area contributed by atoms with Crippen LogP contribution in [0.2, 0.25) is 5.02 Å². The molecular formula is C17H14Cl2O2. The van der Waals surface area contributed by atoms with Crippen molar-refractivity contribution in [3.63, 3.8) is 0 Å². The van der Waals surface area contributed by atoms with E-state index in [1.807, 2.05) is 42.5 Å². The highest BCUT2D eigenvalue weighted by molar-refractivity contribution is 6.30. The first-order chi connectivity index (χ1) is 10.2. The molecule has 0 saturated carbocycles. The lowest BCUT2D eigenvalue weighted by atomic mass is 10.2. The molecule has 4 heteroatoms. The predicted octanol–water partition coefficient (Wildman–Crippen LogP) is 4.52. The molecule has 0 heterocycles. The van der Waals surface area contributed by atoms with Gasteiger partial charge in [-0.1, -0.05) is 35.6 Å². The Balaban J connectivity index is 2.16. The molecule has 0 aliphatic carbocycles. The van der Waals surface area contributed by atoms with E-state index in [0.717, 1.165) is 16.9 Å². The van der Waals surface area contributed by atoms with Gasteiger partial charge in [0.15, 0.2) is 0 Å². The van der Waals surface area contributed by atoms with Gasteiger partial charge in [-0.05, 0) is 35.9 Å². The summed E-state index contributed by atoms with van der Waals surface area (Å²) < 4.78 is 11.0. The minimum Gasteiger partial charge on any atom is -0.497 e. The minimum absolute atomic E-state index is 0.272. The van der Waals surface area contributed by atoms with Crippen LogP contribution in [0.1, 0.15) is 11.1 Å². The van der Waals surface area contributed by atoms with Crippen molar-refractivity contribution >= 4 is 23.2 Å². The van der Waals surface area contributed by atoms with E-state index in [4.69, 9.17) is 32.7 Å². The molecule has 2 nitrogen and oxygen atoms in total. The number of hydrogen-bond donors (Lipinski definition) is 0. The summed E-state index contributed by atoms with van der Waals surface area (Å²) in [5, 5.41) is 0.705. The zero-order valence-electron chi connectivity index (χ0n) is 11.5. The lowest BCUT2D eigenvalue weighted by Crippen LogP contribution is -1.97. The van der Waals surface area contributed by atoms with Crippen molar-refractivity contribution in [2.75, 3.05) is 13.0 Å². The van der Waals surface area contributed by atoms with Gasteiger partial charge < -0.3 is 9.47 Å². The number of benzene rings is 2. The molecule has 0 atom stereocenters. The Kier molecular flexibility index (Phi) is 5.80. The molecule has 0 saturated heterocycles. The van der Waals surface area contributed by atoms with E-state index in [9.17, 15) is 0 Å². The van der Waals surface area contributed by atoms with E-state index in [1.54, 1.807) is 7.11 Å². The number of ether oxygens (including phenoxy) is 2. The maximum atomic E-state index is 5.86. The molecule has 0 radical (unpaired) electrons. The van der Waals surface area contributed by atoms with Crippen LogP contribution in [0.3, 0.4) is 0 Å². The fourth-order valence-electron chi connectivity index (χ4n) is 1.73. The van der Waals surface area contributed by atoms with Gasteiger partial charge in [-0.25, -0.2) is 0 Å². The Hall–Kier alpha value is -1.82. The van der Waals surface area contributed by atoms with Crippen LogP contribution in [-0.2, 0) is 6.61 Å². The summed E-state index contributed by atoms with van der Waals surface area (Å²) in [6, 6.07) is 13.0. The Labute approximate surface area is 134 Å². The molecule has 0 bridgehead atoms. The number of hydrogen-bond acceptors (Lipinski definition) is 2. The Bertz CT molecular complexity index is 655. The van der Waals surface area contributed by atoms with Gasteiger partial charge in [-0.15, -0.1) is 11.6 Å². The molecule has 2 rings (SSSR count). The third-order valence-corrected chi connectivity index (χ3v) is 3.17. The molecule has 0 aliphatic rings. The highest BCUT2D eigenvalue weighted by Crippen LogP contribution is 2.24. The molecule has 21 heavy (non-hydrogen) atoms. The summed E-state index contributed by atoms with van der Waals surface area (Å²) in [5.41, 5.74) is 1.79. The Morgan fingerprint density at radius 3 is 2.52 bits per heavy atom. The molecular weight excluding hydrogens is 307 g/mol. The Morgan fingerprint density at radius 2 is 1.86 bits per heavy atom. The lowest BCUT2D eigenvalue weighted by Gasteiger charge is -2.10. The fraction of sp³-hybridized carbons (Fsp3) is 0.176. The van der Waals surface area contributed by atoms with E-state index in [2.05, 4.69) is 11.8 Å². The number of methoxy groups -OCH3 is 1. The smallest absolute Gasteiger partial charge is 0.135 e. The normalized spacial score (nSPS) is 9.67. The SMILES string of the molecule is COc1ccc(OCc2ccc(Cl)cc2)c(C#CCCl)c1. The van der Waals surface area contributed by atoms with E-state index >= 15 is 0 Å². The van der Waals surface area contributed by atoms with E-state index < -0.39 is 0 Å². The van der Waals surface area contributed by atoms with E-state index in [-0.39, 0.29) is 5.88 Å². The molecule has 0 N–H and O–H groups in total. The third kappa shape index (κ3) is 4.60. The summed E-state index contributed by atoms with van der Waals surface area (Å²) in [5.74, 6) is 7.50. The Morgan fingerprint density at radius 1 is 1.10 bits per heavy atom. The molecule has 0 unspecified atom stereocenters. The number of halogens is 2. The van der Waals surface area contributed by atoms with E-state index in [0.29, 0.717) is 17.4 Å². The summed E-state index contributed by atoms with van der Waals surface area (Å²) in [6.07, 6.45) is 0. The van der Waals surface area contributed by atoms with Crippen LogP contribution in [0.4, 0.5) is 0 Å². The monoisotopic (exact) mass is 320 g/mol. The van der Waals surface area contributed by atoms with Gasteiger partial charge in [0.25, 0.3) is 0 Å². The predicted molar refractivity (Wildman–Crippen MR) is 86.4 cm³/mol. The van der Waals surface area contributed by atoms with Crippen molar-refractivity contribution in [2.24, 2.45) is 0 Å². The molecule has 0 amide bonds. The van der Waals surface area contributed by atoms with Crippen molar-refractivity contribution in [1.82, 2.24) is 0 Å². The van der Waals surface area contributed by atoms with Crippen LogP contribution in [-0.4, -0.2) is 13.0 Å². The molecule has 2 aromatic rings. The summed E-state index contributed by atoms with van der Waals surface area (Å²) in [6.45, 7) is 0.444. The standard InChI is InChI=1S/C17H14Cl2O2/c1-20-16-8-9-17(14(11-16)3-2-10-18)21-12-13-4-6-15(19)7-5-13/h4-9,11H,10,12H2,1H3. The molecule has 0 aromatic heterocycles. The highest BCUT2D eigenvalue weighted by atomic mass is 35.5. The minimum atomic E-state index is 0.272. The zero-order chi connectivity index (χ0) is 15.1. The average molecular weight is 321 g/mol. The van der Waals surface area contributed by atoms with Gasteiger partial charge in [0.1, 0.15) is 18.1 Å². The molecule has 0 aliphatic heterocycles. The summed E-state index contributed by atoms with van der Waals surface area (Å²) in [4.78, 5) is 0. The van der Waals surface area contributed by atoms with Gasteiger partial charge in [-0.2, -0.15) is 0 Å². The van der Waals surface area contributed by atoms with Gasteiger partial charge in [0, 0.05) is 5.02 Å². The van der Waals surface area contributed by atoms with Crippen molar-refractivity contribution in [1.29, 1.82) is 0 Å². The second-order valence-corrected chi connectivity index (χ2v) is 4.92. The maximum absolute atomic E-state index is 5.86. The van der Waals surface area contributed by atoms with Gasteiger partial charge in [0.05, 0.1) is 18.6 Å². The first-order valence-corrected chi connectivity index (χ1v) is 7.24. The van der Waals surface area contributed by atoms with Crippen molar-refractivity contribution in [3.8, 4) is 23.3 Å². The topological polar surface area (TPSA) is 18.5 Å². The van der Waals surface area contributed by atoms with Crippen LogP contribution in [0.15, 0.2) is 42.5 Å². The van der Waals surface area contributed by atoms with Crippen molar-refractivity contribution in [3.05, 3.63) is 58.6 Å². The fourth-order valence-corrected chi connectivity index (χ4v) is 1.92. The first-order valence-electron chi connectivity index (χ1n) is 6.33. The number of alkyl halides is 1. The first kappa shape index (κ1) is 15.6. The molecule has 0 fully saturated rings. The second-order valence-electron chi connectivity index (χ2n) is 4.21. The number of rotatable bonds is 4. The average Bonchev–Trinajstić information content (AvgIpc) is 2.52. The van der Waals surface area contributed by atoms with Crippen LogP contribution < -0.4 is 9.47 Å². The lowest BCUT2D eigenvalue weighted by molar-refractivity contribution is 0.304. The zero-order valence-corrected chi connectivity index (χ0v) is 13.0.